The molecule has 14 heavy (non-hydrogen) atoms. The maximum absolute atomic E-state index is 3.58. The van der Waals surface area contributed by atoms with Crippen LogP contribution in [0.3, 0.4) is 0 Å². The Balaban J connectivity index is 2.63. The molecule has 3 unspecified atom stereocenters. The molecule has 0 radical (unpaired) electrons. The fourth-order valence-electron chi connectivity index (χ4n) is 2.32. The van der Waals surface area contributed by atoms with E-state index in [-0.39, 0.29) is 0 Å². The lowest BCUT2D eigenvalue weighted by molar-refractivity contribution is 0.0645. The summed E-state index contributed by atoms with van der Waals surface area (Å²) in [6.07, 6.45) is 1.26. The molecule has 0 spiro atoms. The van der Waals surface area contributed by atoms with E-state index in [4.69, 9.17) is 0 Å². The summed E-state index contributed by atoms with van der Waals surface area (Å²) < 4.78 is 0. The zero-order valence-corrected chi connectivity index (χ0v) is 10.4. The van der Waals surface area contributed by atoms with Crippen LogP contribution >= 0.6 is 0 Å². The van der Waals surface area contributed by atoms with Crippen LogP contribution in [0.5, 0.6) is 0 Å². The molecule has 1 fully saturated rings. The van der Waals surface area contributed by atoms with Gasteiger partial charge in [0, 0.05) is 31.2 Å². The normalized spacial score (nSPS) is 32.1. The van der Waals surface area contributed by atoms with Crippen LogP contribution in [0, 0.1) is 5.92 Å². The van der Waals surface area contributed by atoms with Crippen LogP contribution in [0.1, 0.15) is 41.0 Å². The summed E-state index contributed by atoms with van der Waals surface area (Å²) in [6, 6.07) is 2.10. The van der Waals surface area contributed by atoms with Crippen LogP contribution in [0.2, 0.25) is 0 Å². The molecule has 2 heteroatoms. The Morgan fingerprint density at radius 3 is 2.50 bits per heavy atom. The quantitative estimate of drug-likeness (QED) is 0.747. The third-order valence-corrected chi connectivity index (χ3v) is 3.51. The molecule has 84 valence electrons. The maximum Gasteiger partial charge on any atom is 0.0247 e. The average molecular weight is 198 g/mol. The van der Waals surface area contributed by atoms with Crippen molar-refractivity contribution in [3.8, 4) is 0 Å². The monoisotopic (exact) mass is 198 g/mol. The highest BCUT2D eigenvalue weighted by Gasteiger charge is 2.30. The molecule has 0 amide bonds. The number of rotatable bonds is 3. The summed E-state index contributed by atoms with van der Waals surface area (Å²) in [4.78, 5) is 2.69. The van der Waals surface area contributed by atoms with E-state index in [0.29, 0.717) is 6.04 Å². The van der Waals surface area contributed by atoms with Crippen LogP contribution in [0.4, 0.5) is 0 Å². The van der Waals surface area contributed by atoms with E-state index in [2.05, 4.69) is 44.8 Å². The van der Waals surface area contributed by atoms with Gasteiger partial charge in [-0.3, -0.25) is 4.90 Å². The van der Waals surface area contributed by atoms with Crippen LogP contribution in [0.25, 0.3) is 0 Å². The number of nitrogens with zero attached hydrogens (tertiary/aromatic N) is 1. The third kappa shape index (κ3) is 2.71. The van der Waals surface area contributed by atoms with Crippen LogP contribution in [0.15, 0.2) is 0 Å². The molecule has 1 saturated heterocycles. The summed E-state index contributed by atoms with van der Waals surface area (Å²) in [5.74, 6) is 0.754. The molecule has 0 aromatic heterocycles. The van der Waals surface area contributed by atoms with Crippen molar-refractivity contribution in [2.75, 3.05) is 13.1 Å². The predicted octanol–water partition coefficient (Wildman–Crippen LogP) is 2.10. The van der Waals surface area contributed by atoms with Crippen molar-refractivity contribution in [1.82, 2.24) is 10.2 Å². The van der Waals surface area contributed by atoms with Gasteiger partial charge in [-0.2, -0.15) is 0 Å². The van der Waals surface area contributed by atoms with Crippen LogP contribution in [-0.2, 0) is 0 Å². The van der Waals surface area contributed by atoms with E-state index in [1.165, 1.54) is 13.0 Å². The zero-order chi connectivity index (χ0) is 10.7. The van der Waals surface area contributed by atoms with Crippen molar-refractivity contribution in [3.05, 3.63) is 0 Å². The van der Waals surface area contributed by atoms with Gasteiger partial charge in [-0.1, -0.05) is 20.8 Å². The van der Waals surface area contributed by atoms with Gasteiger partial charge in [0.25, 0.3) is 0 Å². The van der Waals surface area contributed by atoms with Gasteiger partial charge in [0.15, 0.2) is 0 Å². The van der Waals surface area contributed by atoms with E-state index in [0.717, 1.165) is 24.5 Å². The number of piperazine rings is 1. The van der Waals surface area contributed by atoms with Crippen molar-refractivity contribution in [2.45, 2.75) is 59.2 Å². The molecule has 0 aromatic rings. The van der Waals surface area contributed by atoms with Gasteiger partial charge in [0.05, 0.1) is 0 Å². The van der Waals surface area contributed by atoms with E-state index in [9.17, 15) is 0 Å². The largest absolute Gasteiger partial charge is 0.311 e. The SMILES string of the molecule is CCC(C)N1CC(C)NCC1C(C)C. The van der Waals surface area contributed by atoms with E-state index >= 15 is 0 Å². The second kappa shape index (κ2) is 5.13. The summed E-state index contributed by atoms with van der Waals surface area (Å²) in [7, 11) is 0. The predicted molar refractivity (Wildman–Crippen MR) is 62.5 cm³/mol. The fraction of sp³-hybridized carbons (Fsp3) is 1.00. The number of hydrogen-bond acceptors (Lipinski definition) is 2. The summed E-state index contributed by atoms with van der Waals surface area (Å²) in [6.45, 7) is 13.9. The lowest BCUT2D eigenvalue weighted by atomic mass is 9.96. The maximum atomic E-state index is 3.58. The van der Waals surface area contributed by atoms with Gasteiger partial charge in [-0.05, 0) is 26.2 Å². The van der Waals surface area contributed by atoms with Gasteiger partial charge in [0.2, 0.25) is 0 Å². The molecular weight excluding hydrogens is 172 g/mol. The molecule has 0 saturated carbocycles. The lowest BCUT2D eigenvalue weighted by Gasteiger charge is -2.44. The molecule has 1 aliphatic heterocycles. The number of nitrogens with one attached hydrogen (secondary N) is 1. The van der Waals surface area contributed by atoms with Crippen LogP contribution in [-0.4, -0.2) is 36.1 Å². The summed E-state index contributed by atoms with van der Waals surface area (Å²) in [5, 5.41) is 3.58. The molecule has 1 heterocycles. The first-order valence-electron chi connectivity index (χ1n) is 6.05. The Morgan fingerprint density at radius 2 is 2.00 bits per heavy atom. The second-order valence-electron chi connectivity index (χ2n) is 5.07. The highest BCUT2D eigenvalue weighted by atomic mass is 15.3. The molecule has 1 rings (SSSR count). The molecule has 1 N–H and O–H groups in total. The Hall–Kier alpha value is -0.0800. The Kier molecular flexibility index (Phi) is 4.39. The van der Waals surface area contributed by atoms with Crippen molar-refractivity contribution >= 4 is 0 Å². The second-order valence-corrected chi connectivity index (χ2v) is 5.07. The standard InChI is InChI=1S/C12H26N2/c1-6-11(5)14-8-10(4)13-7-12(14)9(2)3/h9-13H,6-8H2,1-5H3. The minimum atomic E-state index is 0.652. The molecule has 3 atom stereocenters. The Bertz CT molecular complexity index is 168. The van der Waals surface area contributed by atoms with Crippen LogP contribution < -0.4 is 5.32 Å². The highest BCUT2D eigenvalue weighted by Crippen LogP contribution is 2.19. The first kappa shape index (κ1) is 12.0. The summed E-state index contributed by atoms with van der Waals surface area (Å²) >= 11 is 0. The van der Waals surface area contributed by atoms with E-state index in [1.54, 1.807) is 0 Å². The zero-order valence-electron chi connectivity index (χ0n) is 10.4. The van der Waals surface area contributed by atoms with E-state index < -0.39 is 0 Å². The smallest absolute Gasteiger partial charge is 0.0247 e. The lowest BCUT2D eigenvalue weighted by Crippen LogP contribution is -2.59. The first-order chi connectivity index (χ1) is 6.56. The average Bonchev–Trinajstić information content (AvgIpc) is 2.16. The number of hydrogen-bond donors (Lipinski definition) is 1. The van der Waals surface area contributed by atoms with Crippen molar-refractivity contribution in [3.63, 3.8) is 0 Å². The Morgan fingerprint density at radius 1 is 1.36 bits per heavy atom. The van der Waals surface area contributed by atoms with Gasteiger partial charge >= 0.3 is 0 Å². The minimum absolute atomic E-state index is 0.652. The van der Waals surface area contributed by atoms with Gasteiger partial charge in [-0.25, -0.2) is 0 Å². The highest BCUT2D eigenvalue weighted by molar-refractivity contribution is 4.88. The first-order valence-corrected chi connectivity index (χ1v) is 6.05. The molecule has 0 bridgehead atoms. The van der Waals surface area contributed by atoms with Crippen molar-refractivity contribution in [1.29, 1.82) is 0 Å². The van der Waals surface area contributed by atoms with E-state index in [1.807, 2.05) is 0 Å². The molecule has 1 aliphatic rings. The molecule has 0 aliphatic carbocycles. The third-order valence-electron chi connectivity index (χ3n) is 3.51. The molecule has 2 nitrogen and oxygen atoms in total. The summed E-state index contributed by atoms with van der Waals surface area (Å²) in [5.41, 5.74) is 0. The topological polar surface area (TPSA) is 15.3 Å². The van der Waals surface area contributed by atoms with Crippen molar-refractivity contribution in [2.24, 2.45) is 5.92 Å². The van der Waals surface area contributed by atoms with Crippen molar-refractivity contribution < 1.29 is 0 Å². The van der Waals surface area contributed by atoms with Gasteiger partial charge < -0.3 is 5.32 Å². The molecular formula is C12H26N2. The fourth-order valence-corrected chi connectivity index (χ4v) is 2.32. The Labute approximate surface area is 89.1 Å². The van der Waals surface area contributed by atoms with Gasteiger partial charge in [-0.15, -0.1) is 0 Å². The minimum Gasteiger partial charge on any atom is -0.311 e. The molecule has 0 aromatic carbocycles. The van der Waals surface area contributed by atoms with Gasteiger partial charge in [0.1, 0.15) is 0 Å².